The highest BCUT2D eigenvalue weighted by molar-refractivity contribution is 6.04. The van der Waals surface area contributed by atoms with E-state index in [0.717, 1.165) is 22.6 Å². The van der Waals surface area contributed by atoms with Crippen LogP contribution in [0.4, 0.5) is 5.69 Å². The molecule has 0 spiro atoms. The molecule has 2 aromatic rings. The van der Waals surface area contributed by atoms with Crippen LogP contribution in [0.25, 0.3) is 0 Å². The van der Waals surface area contributed by atoms with Gasteiger partial charge in [0.15, 0.2) is 0 Å². The largest absolute Gasteiger partial charge is 0.472 e. The maximum absolute atomic E-state index is 11.9. The van der Waals surface area contributed by atoms with Gasteiger partial charge in [-0.25, -0.2) is 0 Å². The van der Waals surface area contributed by atoms with Crippen LogP contribution in [0.5, 0.6) is 0 Å². The number of hydrogen-bond acceptors (Lipinski definition) is 3. The van der Waals surface area contributed by atoms with E-state index in [2.05, 4.69) is 10.3 Å². The van der Waals surface area contributed by atoms with Gasteiger partial charge in [-0.05, 0) is 38.5 Å². The average Bonchev–Trinajstić information content (AvgIpc) is 2.76. The summed E-state index contributed by atoms with van der Waals surface area (Å²) in [6, 6.07) is 3.57. The minimum absolute atomic E-state index is 0.185. The number of nitrogens with zero attached hydrogens (tertiary/aromatic N) is 1. The number of carbonyl (C=O) groups is 1. The summed E-state index contributed by atoms with van der Waals surface area (Å²) in [5.41, 5.74) is 4.04. The smallest absolute Gasteiger partial charge is 0.258 e. The SMILES string of the molecule is Cc1cc(C)c(NC(=O)c2ccoc2)c(C)n1. The molecule has 0 aliphatic heterocycles. The van der Waals surface area contributed by atoms with E-state index in [1.807, 2.05) is 26.8 Å². The average molecular weight is 230 g/mol. The third-order valence-electron chi connectivity index (χ3n) is 2.55. The van der Waals surface area contributed by atoms with E-state index < -0.39 is 0 Å². The Balaban J connectivity index is 2.28. The molecule has 4 nitrogen and oxygen atoms in total. The van der Waals surface area contributed by atoms with Crippen molar-refractivity contribution in [1.29, 1.82) is 0 Å². The second-order valence-electron chi connectivity index (χ2n) is 4.01. The van der Waals surface area contributed by atoms with Gasteiger partial charge < -0.3 is 9.73 Å². The molecule has 2 heterocycles. The van der Waals surface area contributed by atoms with Gasteiger partial charge in [0.2, 0.25) is 0 Å². The van der Waals surface area contributed by atoms with E-state index in [9.17, 15) is 4.79 Å². The van der Waals surface area contributed by atoms with Crippen molar-refractivity contribution in [2.75, 3.05) is 5.32 Å². The Labute approximate surface area is 99.7 Å². The van der Waals surface area contributed by atoms with Crippen molar-refractivity contribution in [3.05, 3.63) is 47.2 Å². The van der Waals surface area contributed by atoms with E-state index >= 15 is 0 Å². The molecule has 0 aliphatic rings. The number of furan rings is 1. The molecule has 0 aromatic carbocycles. The fourth-order valence-electron chi connectivity index (χ4n) is 1.79. The number of pyridine rings is 1. The van der Waals surface area contributed by atoms with Crippen molar-refractivity contribution in [2.24, 2.45) is 0 Å². The van der Waals surface area contributed by atoms with Crippen LogP contribution >= 0.6 is 0 Å². The molecule has 17 heavy (non-hydrogen) atoms. The number of rotatable bonds is 2. The van der Waals surface area contributed by atoms with Crippen LogP contribution < -0.4 is 5.32 Å². The lowest BCUT2D eigenvalue weighted by Gasteiger charge is -2.11. The lowest BCUT2D eigenvalue weighted by molar-refractivity contribution is 0.102. The molecule has 2 rings (SSSR count). The van der Waals surface area contributed by atoms with Crippen LogP contribution in [0.2, 0.25) is 0 Å². The first-order valence-corrected chi connectivity index (χ1v) is 5.36. The molecule has 0 fully saturated rings. The van der Waals surface area contributed by atoms with E-state index in [0.29, 0.717) is 5.56 Å². The van der Waals surface area contributed by atoms with Crippen molar-refractivity contribution >= 4 is 11.6 Å². The topological polar surface area (TPSA) is 55.1 Å². The van der Waals surface area contributed by atoms with Crippen LogP contribution in [-0.2, 0) is 0 Å². The summed E-state index contributed by atoms with van der Waals surface area (Å²) >= 11 is 0. The quantitative estimate of drug-likeness (QED) is 0.863. The van der Waals surface area contributed by atoms with Gasteiger partial charge in [0, 0.05) is 5.69 Å². The molecule has 1 N–H and O–H groups in total. The molecular weight excluding hydrogens is 216 g/mol. The number of anilines is 1. The number of carbonyl (C=O) groups excluding carboxylic acids is 1. The molecule has 0 unspecified atom stereocenters. The third-order valence-corrected chi connectivity index (χ3v) is 2.55. The summed E-state index contributed by atoms with van der Waals surface area (Å²) in [5.74, 6) is -0.185. The van der Waals surface area contributed by atoms with Crippen molar-refractivity contribution < 1.29 is 9.21 Å². The molecular formula is C13H14N2O2. The van der Waals surface area contributed by atoms with Crippen LogP contribution in [0, 0.1) is 20.8 Å². The summed E-state index contributed by atoms with van der Waals surface area (Å²) in [6.07, 6.45) is 2.89. The number of aryl methyl sites for hydroxylation is 3. The number of nitrogens with one attached hydrogen (secondary N) is 1. The lowest BCUT2D eigenvalue weighted by atomic mass is 10.1. The molecule has 0 aliphatic carbocycles. The molecule has 1 amide bonds. The second kappa shape index (κ2) is 4.41. The van der Waals surface area contributed by atoms with Gasteiger partial charge >= 0.3 is 0 Å². The van der Waals surface area contributed by atoms with Crippen molar-refractivity contribution in [2.45, 2.75) is 20.8 Å². The Morgan fingerprint density at radius 3 is 2.71 bits per heavy atom. The van der Waals surface area contributed by atoms with Crippen molar-refractivity contribution in [1.82, 2.24) is 4.98 Å². The first-order valence-electron chi connectivity index (χ1n) is 5.36. The number of amides is 1. The highest BCUT2D eigenvalue weighted by Crippen LogP contribution is 2.20. The fraction of sp³-hybridized carbons (Fsp3) is 0.231. The van der Waals surface area contributed by atoms with Crippen LogP contribution in [0.3, 0.4) is 0 Å². The Bertz CT molecular complexity index is 522. The highest BCUT2D eigenvalue weighted by atomic mass is 16.3. The Morgan fingerprint density at radius 1 is 1.35 bits per heavy atom. The van der Waals surface area contributed by atoms with E-state index in [-0.39, 0.29) is 5.91 Å². The maximum atomic E-state index is 11.9. The maximum Gasteiger partial charge on any atom is 0.258 e. The van der Waals surface area contributed by atoms with Gasteiger partial charge in [-0.2, -0.15) is 0 Å². The van der Waals surface area contributed by atoms with Crippen LogP contribution in [0.15, 0.2) is 29.1 Å². The van der Waals surface area contributed by atoms with Crippen molar-refractivity contribution in [3.8, 4) is 0 Å². The Kier molecular flexibility index (Phi) is 2.95. The molecule has 0 radical (unpaired) electrons. The van der Waals surface area contributed by atoms with Gasteiger partial charge in [0.1, 0.15) is 6.26 Å². The van der Waals surface area contributed by atoms with Gasteiger partial charge in [0.25, 0.3) is 5.91 Å². The summed E-state index contributed by atoms with van der Waals surface area (Å²) in [6.45, 7) is 5.76. The lowest BCUT2D eigenvalue weighted by Crippen LogP contribution is -2.13. The highest BCUT2D eigenvalue weighted by Gasteiger charge is 2.11. The third kappa shape index (κ3) is 2.36. The predicted octanol–water partition coefficient (Wildman–Crippen LogP) is 2.85. The standard InChI is InChI=1S/C13H14N2O2/c1-8-6-9(2)14-10(3)12(8)15-13(16)11-4-5-17-7-11/h4-7H,1-3H3,(H,15,16). The van der Waals surface area contributed by atoms with Gasteiger partial charge in [-0.3, -0.25) is 9.78 Å². The fourth-order valence-corrected chi connectivity index (χ4v) is 1.79. The van der Waals surface area contributed by atoms with Crippen molar-refractivity contribution in [3.63, 3.8) is 0 Å². The van der Waals surface area contributed by atoms with Gasteiger partial charge in [0.05, 0.1) is 23.2 Å². The van der Waals surface area contributed by atoms with E-state index in [4.69, 9.17) is 4.42 Å². The summed E-state index contributed by atoms with van der Waals surface area (Å²) in [7, 11) is 0. The van der Waals surface area contributed by atoms with Crippen LogP contribution in [0.1, 0.15) is 27.3 Å². The zero-order valence-corrected chi connectivity index (χ0v) is 10.1. The Morgan fingerprint density at radius 2 is 2.12 bits per heavy atom. The van der Waals surface area contributed by atoms with Gasteiger partial charge in [-0.15, -0.1) is 0 Å². The molecule has 2 aromatic heterocycles. The van der Waals surface area contributed by atoms with E-state index in [1.54, 1.807) is 6.07 Å². The summed E-state index contributed by atoms with van der Waals surface area (Å²) in [4.78, 5) is 16.2. The molecule has 88 valence electrons. The Hall–Kier alpha value is -2.10. The van der Waals surface area contributed by atoms with Gasteiger partial charge in [-0.1, -0.05) is 0 Å². The minimum atomic E-state index is -0.185. The van der Waals surface area contributed by atoms with E-state index in [1.165, 1.54) is 12.5 Å². The predicted molar refractivity (Wildman–Crippen MR) is 65.1 cm³/mol. The first-order chi connectivity index (χ1) is 8.08. The zero-order chi connectivity index (χ0) is 12.4. The number of aromatic nitrogens is 1. The molecule has 0 bridgehead atoms. The monoisotopic (exact) mass is 230 g/mol. The molecule has 0 saturated carbocycles. The molecule has 4 heteroatoms. The molecule has 0 saturated heterocycles. The number of hydrogen-bond donors (Lipinski definition) is 1. The van der Waals surface area contributed by atoms with Crippen LogP contribution in [-0.4, -0.2) is 10.9 Å². The first kappa shape index (κ1) is 11.4. The second-order valence-corrected chi connectivity index (χ2v) is 4.01. The molecule has 0 atom stereocenters. The zero-order valence-electron chi connectivity index (χ0n) is 10.1. The minimum Gasteiger partial charge on any atom is -0.472 e. The summed E-state index contributed by atoms with van der Waals surface area (Å²) < 4.78 is 4.88. The normalized spacial score (nSPS) is 10.3. The summed E-state index contributed by atoms with van der Waals surface area (Å²) in [5, 5.41) is 2.85.